The van der Waals surface area contributed by atoms with Gasteiger partial charge in [0, 0.05) is 17.7 Å². The van der Waals surface area contributed by atoms with Crippen molar-refractivity contribution in [1.82, 2.24) is 5.32 Å². The number of amides is 1. The molecular formula is C19H18F3NO5. The molecule has 0 aliphatic rings. The molecule has 1 amide bonds. The van der Waals surface area contributed by atoms with Crippen molar-refractivity contribution < 1.29 is 37.3 Å². The molecule has 0 bridgehead atoms. The Morgan fingerprint density at radius 3 is 2.39 bits per heavy atom. The van der Waals surface area contributed by atoms with E-state index in [1.165, 1.54) is 24.3 Å². The van der Waals surface area contributed by atoms with E-state index in [1.807, 2.05) is 0 Å². The van der Waals surface area contributed by atoms with Crippen LogP contribution in [-0.2, 0) is 11.3 Å². The summed E-state index contributed by atoms with van der Waals surface area (Å²) in [5.74, 6) is -2.50. The van der Waals surface area contributed by atoms with E-state index in [0.29, 0.717) is 16.9 Å². The van der Waals surface area contributed by atoms with Crippen molar-refractivity contribution in [3.05, 3.63) is 58.4 Å². The van der Waals surface area contributed by atoms with Gasteiger partial charge in [0.25, 0.3) is 5.91 Å². The molecule has 2 aromatic rings. The second-order valence-electron chi connectivity index (χ2n) is 5.90. The molecule has 0 atom stereocenters. The fourth-order valence-electron chi connectivity index (χ4n) is 2.63. The van der Waals surface area contributed by atoms with E-state index in [2.05, 4.69) is 10.1 Å². The molecular weight excluding hydrogens is 379 g/mol. The molecule has 0 aliphatic carbocycles. The number of alkyl halides is 2. The lowest BCUT2D eigenvalue weighted by atomic mass is 10.0. The number of ether oxygens (including phenoxy) is 2. The molecule has 2 aromatic carbocycles. The van der Waals surface area contributed by atoms with E-state index >= 15 is 0 Å². The van der Waals surface area contributed by atoms with E-state index in [4.69, 9.17) is 9.84 Å². The van der Waals surface area contributed by atoms with E-state index in [9.17, 15) is 22.8 Å². The van der Waals surface area contributed by atoms with Crippen LogP contribution >= 0.6 is 0 Å². The van der Waals surface area contributed by atoms with Crippen molar-refractivity contribution in [2.45, 2.75) is 27.0 Å². The number of rotatable bonds is 8. The van der Waals surface area contributed by atoms with Crippen LogP contribution in [0.25, 0.3) is 0 Å². The fraction of sp³-hybridized carbons (Fsp3) is 0.263. The Kier molecular flexibility index (Phi) is 6.86. The van der Waals surface area contributed by atoms with Gasteiger partial charge in [-0.25, -0.2) is 9.18 Å². The zero-order valence-electron chi connectivity index (χ0n) is 15.1. The van der Waals surface area contributed by atoms with Gasteiger partial charge < -0.3 is 19.9 Å². The number of aliphatic carboxylic acids is 1. The van der Waals surface area contributed by atoms with E-state index < -0.39 is 30.9 Å². The number of carboxylic acids is 1. The Morgan fingerprint density at radius 1 is 1.18 bits per heavy atom. The summed E-state index contributed by atoms with van der Waals surface area (Å²) in [6, 6.07) is 6.44. The highest BCUT2D eigenvalue weighted by atomic mass is 19.3. The van der Waals surface area contributed by atoms with Crippen LogP contribution in [0.1, 0.15) is 27.0 Å². The van der Waals surface area contributed by atoms with Crippen molar-refractivity contribution in [3.63, 3.8) is 0 Å². The van der Waals surface area contributed by atoms with Crippen LogP contribution in [0.4, 0.5) is 13.2 Å². The molecule has 0 radical (unpaired) electrons. The van der Waals surface area contributed by atoms with Gasteiger partial charge in [-0.1, -0.05) is 6.07 Å². The SMILES string of the molecule is Cc1cc(C(=O)NCc2c(F)cccc2OC(F)F)cc(C)c1OCC(=O)O. The van der Waals surface area contributed by atoms with Gasteiger partial charge in [0.15, 0.2) is 6.61 Å². The molecule has 150 valence electrons. The lowest BCUT2D eigenvalue weighted by molar-refractivity contribution is -0.139. The highest BCUT2D eigenvalue weighted by Crippen LogP contribution is 2.26. The first-order chi connectivity index (χ1) is 13.2. The summed E-state index contributed by atoms with van der Waals surface area (Å²) in [7, 11) is 0. The monoisotopic (exact) mass is 397 g/mol. The van der Waals surface area contributed by atoms with Crippen LogP contribution in [0.15, 0.2) is 30.3 Å². The number of carboxylic acid groups (broad SMARTS) is 1. The number of aryl methyl sites for hydroxylation is 2. The van der Waals surface area contributed by atoms with E-state index in [1.54, 1.807) is 13.8 Å². The fourth-order valence-corrected chi connectivity index (χ4v) is 2.63. The zero-order valence-corrected chi connectivity index (χ0v) is 15.1. The number of carbonyl (C=O) groups excluding carboxylic acids is 1. The van der Waals surface area contributed by atoms with Crippen molar-refractivity contribution in [2.24, 2.45) is 0 Å². The second kappa shape index (κ2) is 9.12. The molecule has 2 rings (SSSR count). The molecule has 0 saturated heterocycles. The van der Waals surface area contributed by atoms with Crippen molar-refractivity contribution in [2.75, 3.05) is 6.61 Å². The van der Waals surface area contributed by atoms with Gasteiger partial charge in [-0.15, -0.1) is 0 Å². The lowest BCUT2D eigenvalue weighted by Gasteiger charge is -2.14. The van der Waals surface area contributed by atoms with Crippen molar-refractivity contribution in [3.8, 4) is 11.5 Å². The van der Waals surface area contributed by atoms with Crippen LogP contribution in [0.3, 0.4) is 0 Å². The van der Waals surface area contributed by atoms with Gasteiger partial charge in [-0.05, 0) is 49.2 Å². The van der Waals surface area contributed by atoms with E-state index in [0.717, 1.165) is 6.07 Å². The third kappa shape index (κ3) is 5.38. The summed E-state index contributed by atoms with van der Waals surface area (Å²) < 4.78 is 48.3. The highest BCUT2D eigenvalue weighted by molar-refractivity contribution is 5.95. The van der Waals surface area contributed by atoms with Crippen LogP contribution in [-0.4, -0.2) is 30.2 Å². The normalized spacial score (nSPS) is 10.6. The van der Waals surface area contributed by atoms with Gasteiger partial charge in [-0.2, -0.15) is 8.78 Å². The molecule has 0 heterocycles. The van der Waals surface area contributed by atoms with Gasteiger partial charge >= 0.3 is 12.6 Å². The average molecular weight is 397 g/mol. The second-order valence-corrected chi connectivity index (χ2v) is 5.90. The van der Waals surface area contributed by atoms with Crippen LogP contribution in [0.2, 0.25) is 0 Å². The first-order valence-electron chi connectivity index (χ1n) is 8.15. The smallest absolute Gasteiger partial charge is 0.387 e. The summed E-state index contributed by atoms with van der Waals surface area (Å²) in [6.45, 7) is -0.713. The van der Waals surface area contributed by atoms with Gasteiger partial charge in [0.2, 0.25) is 0 Å². The topological polar surface area (TPSA) is 84.9 Å². The maximum atomic E-state index is 13.9. The third-order valence-corrected chi connectivity index (χ3v) is 3.78. The number of nitrogens with one attached hydrogen (secondary N) is 1. The summed E-state index contributed by atoms with van der Waals surface area (Å²) in [5, 5.41) is 11.2. The predicted molar refractivity (Wildman–Crippen MR) is 93.2 cm³/mol. The Morgan fingerprint density at radius 2 is 1.82 bits per heavy atom. The Bertz CT molecular complexity index is 863. The molecule has 0 spiro atoms. The highest BCUT2D eigenvalue weighted by Gasteiger charge is 2.17. The number of hydrogen-bond donors (Lipinski definition) is 2. The van der Waals surface area contributed by atoms with Gasteiger partial charge in [0.05, 0.1) is 0 Å². The first kappa shape index (κ1) is 21.1. The molecule has 0 saturated carbocycles. The third-order valence-electron chi connectivity index (χ3n) is 3.78. The minimum atomic E-state index is -3.13. The summed E-state index contributed by atoms with van der Waals surface area (Å²) in [5.41, 5.74) is 1.11. The number of carbonyl (C=O) groups is 2. The van der Waals surface area contributed by atoms with Crippen molar-refractivity contribution >= 4 is 11.9 Å². The maximum absolute atomic E-state index is 13.9. The van der Waals surface area contributed by atoms with Crippen LogP contribution in [0, 0.1) is 19.7 Å². The zero-order chi connectivity index (χ0) is 20.8. The minimum absolute atomic E-state index is 0.203. The molecule has 6 nitrogen and oxygen atoms in total. The van der Waals surface area contributed by atoms with Gasteiger partial charge in [0.1, 0.15) is 17.3 Å². The number of benzene rings is 2. The molecule has 0 aliphatic heterocycles. The van der Waals surface area contributed by atoms with Crippen LogP contribution in [0.5, 0.6) is 11.5 Å². The Balaban J connectivity index is 2.15. The quantitative estimate of drug-likeness (QED) is 0.713. The molecule has 2 N–H and O–H groups in total. The number of halogens is 3. The number of hydrogen-bond acceptors (Lipinski definition) is 4. The first-order valence-corrected chi connectivity index (χ1v) is 8.15. The van der Waals surface area contributed by atoms with E-state index in [-0.39, 0.29) is 23.4 Å². The largest absolute Gasteiger partial charge is 0.481 e. The Labute approximate surface area is 158 Å². The maximum Gasteiger partial charge on any atom is 0.387 e. The standard InChI is InChI=1S/C19H18F3NO5/c1-10-6-12(7-11(2)17(10)27-9-16(24)25)18(26)23-8-13-14(20)4-3-5-15(13)28-19(21)22/h3-7,19H,8-9H2,1-2H3,(H,23,26)(H,24,25). The molecule has 9 heteroatoms. The minimum Gasteiger partial charge on any atom is -0.481 e. The van der Waals surface area contributed by atoms with Crippen LogP contribution < -0.4 is 14.8 Å². The van der Waals surface area contributed by atoms with Gasteiger partial charge in [-0.3, -0.25) is 4.79 Å². The summed E-state index contributed by atoms with van der Waals surface area (Å²) in [6.07, 6.45) is 0. The van der Waals surface area contributed by atoms with Crippen molar-refractivity contribution in [1.29, 1.82) is 0 Å². The Hall–Kier alpha value is -3.23. The molecule has 0 fully saturated rings. The summed E-state index contributed by atoms with van der Waals surface area (Å²) >= 11 is 0. The predicted octanol–water partition coefficient (Wildman–Crippen LogP) is 3.44. The molecule has 28 heavy (non-hydrogen) atoms. The molecule has 0 aromatic heterocycles. The average Bonchev–Trinajstić information content (AvgIpc) is 2.59. The summed E-state index contributed by atoms with van der Waals surface area (Å²) in [4.78, 5) is 23.0. The lowest BCUT2D eigenvalue weighted by Crippen LogP contribution is -2.24. The molecule has 0 unspecified atom stereocenters.